The SMILES string of the molecule is O=C1C2CC3(CC2C(=O)N1Cc1ccccc1)OCCCO3. The molecule has 22 heavy (non-hydrogen) atoms. The summed E-state index contributed by atoms with van der Waals surface area (Å²) in [6, 6.07) is 9.63. The van der Waals surface area contributed by atoms with E-state index in [1.807, 2.05) is 30.3 Å². The summed E-state index contributed by atoms with van der Waals surface area (Å²) in [5.74, 6) is -1.41. The van der Waals surface area contributed by atoms with Crippen molar-refractivity contribution in [2.45, 2.75) is 31.6 Å². The Hall–Kier alpha value is -1.72. The topological polar surface area (TPSA) is 55.8 Å². The Balaban J connectivity index is 1.52. The van der Waals surface area contributed by atoms with Gasteiger partial charge in [-0.05, 0) is 12.0 Å². The van der Waals surface area contributed by atoms with E-state index in [4.69, 9.17) is 9.47 Å². The number of amides is 2. The van der Waals surface area contributed by atoms with Crippen LogP contribution in [0.3, 0.4) is 0 Å². The predicted molar refractivity (Wildman–Crippen MR) is 77.5 cm³/mol. The minimum absolute atomic E-state index is 0.0755. The van der Waals surface area contributed by atoms with E-state index < -0.39 is 5.79 Å². The van der Waals surface area contributed by atoms with Crippen LogP contribution in [0.1, 0.15) is 24.8 Å². The van der Waals surface area contributed by atoms with Gasteiger partial charge in [-0.2, -0.15) is 0 Å². The number of likely N-dealkylation sites (tertiary alicyclic amines) is 1. The largest absolute Gasteiger partial charge is 0.350 e. The average molecular weight is 301 g/mol. The third kappa shape index (κ3) is 2.16. The first-order chi connectivity index (χ1) is 10.7. The summed E-state index contributed by atoms with van der Waals surface area (Å²) in [6.07, 6.45) is 1.89. The number of ether oxygens (including phenoxy) is 2. The smallest absolute Gasteiger partial charge is 0.233 e. The Morgan fingerprint density at radius 3 is 2.18 bits per heavy atom. The molecule has 1 aromatic rings. The number of carbonyl (C=O) groups excluding carboxylic acids is 2. The highest BCUT2D eigenvalue weighted by atomic mass is 16.7. The third-order valence-electron chi connectivity index (χ3n) is 4.92. The zero-order valence-corrected chi connectivity index (χ0v) is 12.4. The molecular weight excluding hydrogens is 282 g/mol. The van der Waals surface area contributed by atoms with Gasteiger partial charge < -0.3 is 9.47 Å². The van der Waals surface area contributed by atoms with Crippen molar-refractivity contribution in [3.8, 4) is 0 Å². The lowest BCUT2D eigenvalue weighted by atomic mass is 10.00. The van der Waals surface area contributed by atoms with E-state index in [-0.39, 0.29) is 23.7 Å². The normalized spacial score (nSPS) is 30.1. The van der Waals surface area contributed by atoms with Crippen LogP contribution in [0.5, 0.6) is 0 Å². The van der Waals surface area contributed by atoms with Gasteiger partial charge in [0.25, 0.3) is 0 Å². The first kappa shape index (κ1) is 13.9. The molecule has 2 heterocycles. The maximum absolute atomic E-state index is 12.6. The molecule has 5 nitrogen and oxygen atoms in total. The van der Waals surface area contributed by atoms with Crippen molar-refractivity contribution in [2.75, 3.05) is 13.2 Å². The fraction of sp³-hybridized carbons (Fsp3) is 0.529. The second-order valence-electron chi connectivity index (χ2n) is 6.33. The van der Waals surface area contributed by atoms with Crippen molar-refractivity contribution in [1.82, 2.24) is 4.90 Å². The van der Waals surface area contributed by atoms with E-state index in [2.05, 4.69) is 0 Å². The van der Waals surface area contributed by atoms with Crippen LogP contribution < -0.4 is 0 Å². The summed E-state index contributed by atoms with van der Waals surface area (Å²) in [7, 11) is 0. The predicted octanol–water partition coefficient (Wildman–Crippen LogP) is 1.71. The minimum Gasteiger partial charge on any atom is -0.350 e. The number of carbonyl (C=O) groups is 2. The molecule has 4 rings (SSSR count). The highest BCUT2D eigenvalue weighted by molar-refractivity contribution is 6.05. The van der Waals surface area contributed by atoms with E-state index in [9.17, 15) is 9.59 Å². The van der Waals surface area contributed by atoms with Crippen LogP contribution in [0.4, 0.5) is 0 Å². The molecule has 1 aromatic carbocycles. The van der Waals surface area contributed by atoms with Gasteiger partial charge in [-0.3, -0.25) is 14.5 Å². The number of hydrogen-bond acceptors (Lipinski definition) is 4. The van der Waals surface area contributed by atoms with Crippen molar-refractivity contribution in [3.05, 3.63) is 35.9 Å². The third-order valence-corrected chi connectivity index (χ3v) is 4.92. The Morgan fingerprint density at radius 2 is 1.59 bits per heavy atom. The molecule has 1 aliphatic carbocycles. The Morgan fingerprint density at radius 1 is 1.00 bits per heavy atom. The standard InChI is InChI=1S/C17H19NO4/c19-15-13-9-17(21-7-4-8-22-17)10-14(13)16(20)18(15)11-12-5-2-1-3-6-12/h1-3,5-6,13-14H,4,7-11H2. The van der Waals surface area contributed by atoms with Gasteiger partial charge in [-0.25, -0.2) is 0 Å². The zero-order valence-electron chi connectivity index (χ0n) is 12.4. The molecule has 0 N–H and O–H groups in total. The lowest BCUT2D eigenvalue weighted by Gasteiger charge is -2.34. The second-order valence-corrected chi connectivity index (χ2v) is 6.33. The molecule has 0 bridgehead atoms. The van der Waals surface area contributed by atoms with Gasteiger partial charge in [-0.15, -0.1) is 0 Å². The van der Waals surface area contributed by atoms with E-state index >= 15 is 0 Å². The van der Waals surface area contributed by atoms with Gasteiger partial charge in [0.15, 0.2) is 5.79 Å². The molecule has 3 aliphatic rings. The Bertz CT molecular complexity index is 568. The molecule has 2 atom stereocenters. The molecule has 0 radical (unpaired) electrons. The number of hydrogen-bond donors (Lipinski definition) is 0. The molecular formula is C17H19NO4. The molecule has 1 spiro atoms. The molecule has 1 saturated carbocycles. The zero-order chi connectivity index (χ0) is 15.2. The van der Waals surface area contributed by atoms with Crippen LogP contribution in [-0.4, -0.2) is 35.7 Å². The summed E-state index contributed by atoms with van der Waals surface area (Å²) in [5, 5.41) is 0. The van der Waals surface area contributed by atoms with Crippen molar-refractivity contribution in [1.29, 1.82) is 0 Å². The molecule has 2 amide bonds. The van der Waals surface area contributed by atoms with Gasteiger partial charge in [0, 0.05) is 12.8 Å². The van der Waals surface area contributed by atoms with E-state index in [1.165, 1.54) is 4.90 Å². The fourth-order valence-electron chi connectivity index (χ4n) is 3.84. The molecule has 2 aliphatic heterocycles. The van der Waals surface area contributed by atoms with Gasteiger partial charge in [-0.1, -0.05) is 30.3 Å². The average Bonchev–Trinajstić information content (AvgIpc) is 3.00. The number of imide groups is 1. The molecule has 2 saturated heterocycles. The lowest BCUT2D eigenvalue weighted by molar-refractivity contribution is -0.265. The van der Waals surface area contributed by atoms with Crippen molar-refractivity contribution >= 4 is 11.8 Å². The van der Waals surface area contributed by atoms with Gasteiger partial charge in [0.1, 0.15) is 0 Å². The van der Waals surface area contributed by atoms with Gasteiger partial charge in [0.2, 0.25) is 11.8 Å². The summed E-state index contributed by atoms with van der Waals surface area (Å²) in [4.78, 5) is 26.6. The summed E-state index contributed by atoms with van der Waals surface area (Å²) in [6.45, 7) is 1.66. The Kier molecular flexibility index (Phi) is 3.27. The highest BCUT2D eigenvalue weighted by Gasteiger charge is 2.59. The van der Waals surface area contributed by atoms with E-state index in [0.29, 0.717) is 32.6 Å². The van der Waals surface area contributed by atoms with Gasteiger partial charge >= 0.3 is 0 Å². The van der Waals surface area contributed by atoms with Crippen LogP contribution in [0.25, 0.3) is 0 Å². The first-order valence-corrected chi connectivity index (χ1v) is 7.86. The monoisotopic (exact) mass is 301 g/mol. The van der Waals surface area contributed by atoms with Crippen LogP contribution >= 0.6 is 0 Å². The van der Waals surface area contributed by atoms with E-state index in [1.54, 1.807) is 0 Å². The molecule has 5 heteroatoms. The summed E-state index contributed by atoms with van der Waals surface area (Å²) in [5.41, 5.74) is 0.976. The first-order valence-electron chi connectivity index (χ1n) is 7.86. The van der Waals surface area contributed by atoms with Gasteiger partial charge in [0.05, 0.1) is 31.6 Å². The molecule has 116 valence electrons. The summed E-state index contributed by atoms with van der Waals surface area (Å²) < 4.78 is 11.5. The summed E-state index contributed by atoms with van der Waals surface area (Å²) >= 11 is 0. The van der Waals surface area contributed by atoms with Crippen LogP contribution in [0, 0.1) is 11.8 Å². The van der Waals surface area contributed by atoms with Crippen LogP contribution in [-0.2, 0) is 25.6 Å². The van der Waals surface area contributed by atoms with Crippen molar-refractivity contribution in [3.63, 3.8) is 0 Å². The maximum Gasteiger partial charge on any atom is 0.233 e. The number of nitrogens with zero attached hydrogens (tertiary/aromatic N) is 1. The van der Waals surface area contributed by atoms with E-state index in [0.717, 1.165) is 12.0 Å². The van der Waals surface area contributed by atoms with Crippen molar-refractivity contribution < 1.29 is 19.1 Å². The second kappa shape index (κ2) is 5.18. The maximum atomic E-state index is 12.6. The molecule has 3 fully saturated rings. The molecule has 2 unspecified atom stereocenters. The quantitative estimate of drug-likeness (QED) is 0.780. The number of benzene rings is 1. The fourth-order valence-corrected chi connectivity index (χ4v) is 3.84. The molecule has 0 aromatic heterocycles. The highest BCUT2D eigenvalue weighted by Crippen LogP contribution is 2.48. The minimum atomic E-state index is -0.697. The Labute approximate surface area is 129 Å². The number of fused-ring (bicyclic) bond motifs is 1. The number of rotatable bonds is 2. The van der Waals surface area contributed by atoms with Crippen LogP contribution in [0.15, 0.2) is 30.3 Å². The van der Waals surface area contributed by atoms with Crippen LogP contribution in [0.2, 0.25) is 0 Å². The lowest BCUT2D eigenvalue weighted by Crippen LogP contribution is -2.41. The van der Waals surface area contributed by atoms with Crippen molar-refractivity contribution in [2.24, 2.45) is 11.8 Å².